The maximum atomic E-state index is 12.8. The summed E-state index contributed by atoms with van der Waals surface area (Å²) >= 11 is 0. The molecule has 0 aliphatic carbocycles. The molecule has 0 radical (unpaired) electrons. The summed E-state index contributed by atoms with van der Waals surface area (Å²) < 4.78 is 1.48. The molecule has 1 aliphatic rings. The van der Waals surface area contributed by atoms with Crippen LogP contribution in [0.4, 0.5) is 0 Å². The summed E-state index contributed by atoms with van der Waals surface area (Å²) in [5.74, 6) is 0.201. The van der Waals surface area contributed by atoms with E-state index in [0.29, 0.717) is 30.9 Å². The van der Waals surface area contributed by atoms with Crippen LogP contribution in [-0.2, 0) is 6.54 Å². The molecule has 4 heterocycles. The van der Waals surface area contributed by atoms with Crippen molar-refractivity contribution in [2.75, 3.05) is 13.1 Å². The second-order valence-electron chi connectivity index (χ2n) is 7.47. The third-order valence-corrected chi connectivity index (χ3v) is 5.35. The predicted molar refractivity (Wildman–Crippen MR) is 113 cm³/mol. The molecule has 1 amide bonds. The fourth-order valence-corrected chi connectivity index (χ4v) is 3.73. The van der Waals surface area contributed by atoms with E-state index in [1.54, 1.807) is 29.6 Å². The van der Waals surface area contributed by atoms with Crippen LogP contribution in [0.3, 0.4) is 0 Å². The quantitative estimate of drug-likeness (QED) is 0.529. The second kappa shape index (κ2) is 7.51. The van der Waals surface area contributed by atoms with E-state index in [2.05, 4.69) is 15.1 Å². The first-order valence-corrected chi connectivity index (χ1v) is 9.80. The van der Waals surface area contributed by atoms with Gasteiger partial charge in [0.2, 0.25) is 0 Å². The summed E-state index contributed by atoms with van der Waals surface area (Å²) in [7, 11) is 0. The Kier molecular flexibility index (Phi) is 4.55. The van der Waals surface area contributed by atoms with Crippen molar-refractivity contribution >= 4 is 16.8 Å². The number of aromatic nitrogens is 4. The molecular formula is C23H19N5O2. The van der Waals surface area contributed by atoms with Crippen molar-refractivity contribution in [2.24, 2.45) is 5.92 Å². The molecule has 1 fully saturated rings. The molecule has 1 aliphatic heterocycles. The summed E-state index contributed by atoms with van der Waals surface area (Å²) in [5.41, 5.74) is 2.95. The largest absolute Gasteiger partial charge is 0.338 e. The van der Waals surface area contributed by atoms with Crippen molar-refractivity contribution in [3.05, 3.63) is 89.1 Å². The fourth-order valence-electron chi connectivity index (χ4n) is 3.73. The number of likely N-dealkylation sites (tertiary alicyclic amines) is 1. The van der Waals surface area contributed by atoms with E-state index >= 15 is 0 Å². The van der Waals surface area contributed by atoms with E-state index in [1.807, 2.05) is 42.5 Å². The zero-order valence-corrected chi connectivity index (χ0v) is 16.2. The van der Waals surface area contributed by atoms with Gasteiger partial charge in [0.25, 0.3) is 11.5 Å². The van der Waals surface area contributed by atoms with E-state index < -0.39 is 0 Å². The lowest BCUT2D eigenvalue weighted by molar-refractivity contribution is 0.0459. The molecule has 0 saturated carbocycles. The standard InChI is InChI=1S/C23H19N5O2/c29-22-8-7-21(19-4-1-9-24-12-19)26-28(22)15-16-13-27(14-16)23(30)18-5-6-20-17(11-18)3-2-10-25-20/h1-12,16H,13-15H2. The highest BCUT2D eigenvalue weighted by molar-refractivity contribution is 5.98. The first kappa shape index (κ1) is 18.2. The van der Waals surface area contributed by atoms with Crippen molar-refractivity contribution in [2.45, 2.75) is 6.54 Å². The van der Waals surface area contributed by atoms with Crippen LogP contribution in [0.25, 0.3) is 22.2 Å². The third-order valence-electron chi connectivity index (χ3n) is 5.35. The molecule has 0 bridgehead atoms. The van der Waals surface area contributed by atoms with Crippen LogP contribution in [0.15, 0.2) is 78.0 Å². The topological polar surface area (TPSA) is 81.0 Å². The predicted octanol–water partition coefficient (Wildman–Crippen LogP) is 2.63. The molecule has 3 aromatic heterocycles. The fraction of sp³-hybridized carbons (Fsp3) is 0.174. The number of carbonyl (C=O) groups is 1. The number of hydrogen-bond acceptors (Lipinski definition) is 5. The maximum absolute atomic E-state index is 12.8. The van der Waals surface area contributed by atoms with Gasteiger partial charge in [-0.2, -0.15) is 5.10 Å². The molecule has 0 atom stereocenters. The Balaban J connectivity index is 1.27. The van der Waals surface area contributed by atoms with Crippen LogP contribution in [0.5, 0.6) is 0 Å². The Labute approximate surface area is 172 Å². The Hall–Kier alpha value is -3.87. The van der Waals surface area contributed by atoms with Gasteiger partial charge in [-0.3, -0.25) is 19.6 Å². The monoisotopic (exact) mass is 397 g/mol. The van der Waals surface area contributed by atoms with E-state index in [4.69, 9.17) is 0 Å². The first-order chi connectivity index (χ1) is 14.7. The summed E-state index contributed by atoms with van der Waals surface area (Å²) in [4.78, 5) is 35.2. The molecular weight excluding hydrogens is 378 g/mol. The van der Waals surface area contributed by atoms with Crippen LogP contribution in [0.1, 0.15) is 10.4 Å². The van der Waals surface area contributed by atoms with Gasteiger partial charge in [0.05, 0.1) is 17.8 Å². The Morgan fingerprint density at radius 2 is 1.90 bits per heavy atom. The lowest BCUT2D eigenvalue weighted by Gasteiger charge is -2.39. The number of amides is 1. The lowest BCUT2D eigenvalue weighted by atomic mass is 9.98. The number of hydrogen-bond donors (Lipinski definition) is 0. The average Bonchev–Trinajstić information content (AvgIpc) is 2.77. The number of fused-ring (bicyclic) bond motifs is 1. The molecule has 7 nitrogen and oxygen atoms in total. The smallest absolute Gasteiger partial charge is 0.266 e. The van der Waals surface area contributed by atoms with Gasteiger partial charge >= 0.3 is 0 Å². The molecule has 0 spiro atoms. The highest BCUT2D eigenvalue weighted by Crippen LogP contribution is 2.22. The average molecular weight is 397 g/mol. The molecule has 7 heteroatoms. The van der Waals surface area contributed by atoms with Gasteiger partial charge in [-0.1, -0.05) is 6.07 Å². The van der Waals surface area contributed by atoms with Gasteiger partial charge in [-0.25, -0.2) is 4.68 Å². The van der Waals surface area contributed by atoms with Crippen molar-refractivity contribution in [3.63, 3.8) is 0 Å². The molecule has 1 aromatic carbocycles. The maximum Gasteiger partial charge on any atom is 0.266 e. The van der Waals surface area contributed by atoms with Gasteiger partial charge in [-0.15, -0.1) is 0 Å². The third kappa shape index (κ3) is 3.45. The van der Waals surface area contributed by atoms with E-state index in [-0.39, 0.29) is 17.4 Å². The Bertz CT molecular complexity index is 1280. The van der Waals surface area contributed by atoms with Crippen LogP contribution in [0.2, 0.25) is 0 Å². The molecule has 148 valence electrons. The summed E-state index contributed by atoms with van der Waals surface area (Å²) in [6, 6.07) is 16.4. The van der Waals surface area contributed by atoms with Crippen LogP contribution < -0.4 is 5.56 Å². The van der Waals surface area contributed by atoms with Crippen LogP contribution in [-0.4, -0.2) is 43.6 Å². The first-order valence-electron chi connectivity index (χ1n) is 9.80. The van der Waals surface area contributed by atoms with Crippen molar-refractivity contribution < 1.29 is 4.79 Å². The minimum absolute atomic E-state index is 0.00131. The van der Waals surface area contributed by atoms with Crippen LogP contribution >= 0.6 is 0 Å². The SMILES string of the molecule is O=C(c1ccc2ncccc2c1)N1CC(Cn2nc(-c3cccnc3)ccc2=O)C1. The number of rotatable bonds is 4. The van der Waals surface area contributed by atoms with Gasteiger partial charge in [0.15, 0.2) is 0 Å². The highest BCUT2D eigenvalue weighted by atomic mass is 16.2. The number of carbonyl (C=O) groups excluding carboxylic acids is 1. The second-order valence-corrected chi connectivity index (χ2v) is 7.47. The van der Waals surface area contributed by atoms with Gasteiger partial charge in [0, 0.05) is 60.2 Å². The summed E-state index contributed by atoms with van der Waals surface area (Å²) in [6.07, 6.45) is 5.16. The number of benzene rings is 1. The highest BCUT2D eigenvalue weighted by Gasteiger charge is 2.32. The zero-order valence-electron chi connectivity index (χ0n) is 16.2. The van der Waals surface area contributed by atoms with Gasteiger partial charge in [-0.05, 0) is 42.5 Å². The number of pyridine rings is 2. The molecule has 0 unspecified atom stereocenters. The molecule has 4 aromatic rings. The Morgan fingerprint density at radius 3 is 2.73 bits per heavy atom. The van der Waals surface area contributed by atoms with Gasteiger partial charge < -0.3 is 4.90 Å². The number of nitrogens with zero attached hydrogens (tertiary/aromatic N) is 5. The Morgan fingerprint density at radius 1 is 1.03 bits per heavy atom. The molecule has 0 N–H and O–H groups in total. The van der Waals surface area contributed by atoms with Crippen molar-refractivity contribution in [1.82, 2.24) is 24.6 Å². The van der Waals surface area contributed by atoms with Crippen LogP contribution in [0, 0.1) is 5.92 Å². The zero-order chi connectivity index (χ0) is 20.5. The summed E-state index contributed by atoms with van der Waals surface area (Å²) in [5, 5.41) is 5.43. The van der Waals surface area contributed by atoms with E-state index in [1.165, 1.54) is 10.7 Å². The molecule has 1 saturated heterocycles. The molecule has 5 rings (SSSR count). The minimum atomic E-state index is -0.144. The van der Waals surface area contributed by atoms with E-state index in [0.717, 1.165) is 16.5 Å². The summed E-state index contributed by atoms with van der Waals surface area (Å²) in [6.45, 7) is 1.70. The van der Waals surface area contributed by atoms with E-state index in [9.17, 15) is 9.59 Å². The lowest BCUT2D eigenvalue weighted by Crippen LogP contribution is -2.52. The van der Waals surface area contributed by atoms with Gasteiger partial charge in [0.1, 0.15) is 0 Å². The van der Waals surface area contributed by atoms with Crippen molar-refractivity contribution in [3.8, 4) is 11.3 Å². The minimum Gasteiger partial charge on any atom is -0.338 e. The molecule has 30 heavy (non-hydrogen) atoms. The van der Waals surface area contributed by atoms with Crippen molar-refractivity contribution in [1.29, 1.82) is 0 Å². The normalized spacial score (nSPS) is 13.9.